The van der Waals surface area contributed by atoms with Crippen molar-refractivity contribution in [1.29, 1.82) is 5.26 Å². The van der Waals surface area contributed by atoms with Gasteiger partial charge in [0.15, 0.2) is 0 Å². The molecule has 2 N–H and O–H groups in total. The molecule has 0 aliphatic carbocycles. The van der Waals surface area contributed by atoms with E-state index in [0.29, 0.717) is 12.6 Å². The quantitative estimate of drug-likeness (QED) is 0.712. The highest BCUT2D eigenvalue weighted by Crippen LogP contribution is 2.15. The summed E-state index contributed by atoms with van der Waals surface area (Å²) in [5.74, 6) is 0.0294. The summed E-state index contributed by atoms with van der Waals surface area (Å²) in [6.07, 6.45) is 3.43. The maximum absolute atomic E-state index is 12.3. The second-order valence-electron chi connectivity index (χ2n) is 6.55. The first kappa shape index (κ1) is 17.9. The van der Waals surface area contributed by atoms with Gasteiger partial charge in [-0.3, -0.25) is 9.69 Å². The van der Waals surface area contributed by atoms with Crippen molar-refractivity contribution in [1.82, 2.24) is 15.5 Å². The largest absolute Gasteiger partial charge is 0.337 e. The van der Waals surface area contributed by atoms with Gasteiger partial charge < -0.3 is 10.6 Å². The molecule has 0 aromatic rings. The van der Waals surface area contributed by atoms with E-state index < -0.39 is 5.54 Å². The van der Waals surface area contributed by atoms with Crippen molar-refractivity contribution >= 4 is 5.91 Å². The van der Waals surface area contributed by atoms with E-state index in [-0.39, 0.29) is 11.8 Å². The zero-order valence-electron chi connectivity index (χ0n) is 13.9. The molecular weight excluding hydrogens is 264 g/mol. The third kappa shape index (κ3) is 5.64. The van der Waals surface area contributed by atoms with E-state index in [1.807, 2.05) is 13.8 Å². The first-order valence-corrected chi connectivity index (χ1v) is 8.09. The number of carbonyl (C=O) groups excluding carboxylic acids is 1. The van der Waals surface area contributed by atoms with Crippen LogP contribution in [0.2, 0.25) is 0 Å². The van der Waals surface area contributed by atoms with Gasteiger partial charge in [0.1, 0.15) is 5.54 Å². The van der Waals surface area contributed by atoms with Gasteiger partial charge in [-0.2, -0.15) is 5.26 Å². The Balaban J connectivity index is 2.53. The number of hydrogen-bond acceptors (Lipinski definition) is 4. The molecule has 2 unspecified atom stereocenters. The number of carbonyl (C=O) groups is 1. The lowest BCUT2D eigenvalue weighted by atomic mass is 9.90. The highest BCUT2D eigenvalue weighted by atomic mass is 16.2. The van der Waals surface area contributed by atoms with Gasteiger partial charge in [0.05, 0.1) is 12.6 Å². The zero-order chi connectivity index (χ0) is 15.9. The number of hydrogen-bond donors (Lipinski definition) is 2. The van der Waals surface area contributed by atoms with Crippen LogP contribution in [0.1, 0.15) is 47.0 Å². The summed E-state index contributed by atoms with van der Waals surface area (Å²) in [6.45, 7) is 11.1. The molecule has 1 heterocycles. The van der Waals surface area contributed by atoms with Gasteiger partial charge >= 0.3 is 0 Å². The number of nitrogens with one attached hydrogen (secondary N) is 2. The van der Waals surface area contributed by atoms with Crippen molar-refractivity contribution in [3.05, 3.63) is 0 Å². The third-order valence-corrected chi connectivity index (χ3v) is 4.33. The van der Waals surface area contributed by atoms with E-state index in [1.54, 1.807) is 6.92 Å². The minimum atomic E-state index is -0.791. The summed E-state index contributed by atoms with van der Waals surface area (Å²) in [5.41, 5.74) is -0.791. The second kappa shape index (κ2) is 8.35. The Hall–Kier alpha value is -1.12. The zero-order valence-corrected chi connectivity index (χ0v) is 13.9. The van der Waals surface area contributed by atoms with Gasteiger partial charge in [-0.1, -0.05) is 20.8 Å². The molecule has 0 spiro atoms. The van der Waals surface area contributed by atoms with Gasteiger partial charge in [0, 0.05) is 12.6 Å². The minimum absolute atomic E-state index is 0.0563. The van der Waals surface area contributed by atoms with Crippen LogP contribution in [-0.2, 0) is 4.79 Å². The fourth-order valence-electron chi connectivity index (χ4n) is 2.61. The summed E-state index contributed by atoms with van der Waals surface area (Å²) in [7, 11) is 0. The average molecular weight is 294 g/mol. The first-order valence-electron chi connectivity index (χ1n) is 8.09. The van der Waals surface area contributed by atoms with E-state index in [9.17, 15) is 10.1 Å². The van der Waals surface area contributed by atoms with E-state index in [0.717, 1.165) is 26.1 Å². The van der Waals surface area contributed by atoms with Crippen LogP contribution in [0.25, 0.3) is 0 Å². The Morgan fingerprint density at radius 1 is 1.57 bits per heavy atom. The van der Waals surface area contributed by atoms with Gasteiger partial charge in [-0.15, -0.1) is 0 Å². The van der Waals surface area contributed by atoms with Gasteiger partial charge in [-0.05, 0) is 45.2 Å². The fraction of sp³-hybridized carbons (Fsp3) is 0.875. The monoisotopic (exact) mass is 294 g/mol. The minimum Gasteiger partial charge on any atom is -0.337 e. The summed E-state index contributed by atoms with van der Waals surface area (Å²) in [6, 6.07) is 2.72. The number of nitrogens with zero attached hydrogens (tertiary/aromatic N) is 2. The van der Waals surface area contributed by atoms with Gasteiger partial charge in [0.25, 0.3) is 0 Å². The molecule has 1 rings (SSSR count). The highest BCUT2D eigenvalue weighted by Gasteiger charge is 2.30. The van der Waals surface area contributed by atoms with Crippen molar-refractivity contribution in [2.45, 2.75) is 58.5 Å². The van der Waals surface area contributed by atoms with Crippen LogP contribution in [0.4, 0.5) is 0 Å². The van der Waals surface area contributed by atoms with Crippen LogP contribution >= 0.6 is 0 Å². The maximum Gasteiger partial charge on any atom is 0.235 e. The molecule has 2 atom stereocenters. The van der Waals surface area contributed by atoms with E-state index in [1.165, 1.54) is 12.8 Å². The molecule has 5 nitrogen and oxygen atoms in total. The predicted molar refractivity (Wildman–Crippen MR) is 84.8 cm³/mol. The van der Waals surface area contributed by atoms with E-state index >= 15 is 0 Å². The van der Waals surface area contributed by atoms with Crippen LogP contribution in [0.5, 0.6) is 0 Å². The van der Waals surface area contributed by atoms with E-state index in [2.05, 4.69) is 28.5 Å². The summed E-state index contributed by atoms with van der Waals surface area (Å²) in [5, 5.41) is 15.6. The third-order valence-electron chi connectivity index (χ3n) is 4.33. The Bertz CT molecular complexity index is 371. The summed E-state index contributed by atoms with van der Waals surface area (Å²) < 4.78 is 0. The lowest BCUT2D eigenvalue weighted by Gasteiger charge is -2.30. The highest BCUT2D eigenvalue weighted by molar-refractivity contribution is 5.79. The summed E-state index contributed by atoms with van der Waals surface area (Å²) in [4.78, 5) is 14.4. The SMILES string of the molecule is CCCN(CC(=O)NC(C)(C#N)C(C)C)CC1CCCN1. The lowest BCUT2D eigenvalue weighted by Crippen LogP contribution is -2.52. The first-order chi connectivity index (χ1) is 9.91. The average Bonchev–Trinajstić information content (AvgIpc) is 2.91. The van der Waals surface area contributed by atoms with Crippen LogP contribution in [-0.4, -0.2) is 48.6 Å². The normalized spacial score (nSPS) is 21.3. The van der Waals surface area contributed by atoms with Crippen LogP contribution in [0, 0.1) is 17.2 Å². The molecule has 0 bridgehead atoms. The predicted octanol–water partition coefficient (Wildman–Crippen LogP) is 1.50. The second-order valence-corrected chi connectivity index (χ2v) is 6.55. The molecule has 0 aromatic heterocycles. The number of amides is 1. The molecule has 5 heteroatoms. The molecule has 120 valence electrons. The molecule has 1 saturated heterocycles. The molecule has 0 aromatic carbocycles. The molecule has 0 saturated carbocycles. The van der Waals surface area contributed by atoms with Gasteiger partial charge in [0.2, 0.25) is 5.91 Å². The van der Waals surface area contributed by atoms with Crippen LogP contribution in [0.3, 0.4) is 0 Å². The lowest BCUT2D eigenvalue weighted by molar-refractivity contribution is -0.124. The van der Waals surface area contributed by atoms with Crippen molar-refractivity contribution in [2.75, 3.05) is 26.2 Å². The number of nitriles is 1. The molecule has 0 radical (unpaired) electrons. The van der Waals surface area contributed by atoms with Crippen LogP contribution in [0.15, 0.2) is 0 Å². The molecule has 1 amide bonds. The fourth-order valence-corrected chi connectivity index (χ4v) is 2.61. The molecule has 1 fully saturated rings. The van der Waals surface area contributed by atoms with Crippen molar-refractivity contribution in [3.8, 4) is 6.07 Å². The maximum atomic E-state index is 12.3. The smallest absolute Gasteiger partial charge is 0.235 e. The topological polar surface area (TPSA) is 68.2 Å². The Morgan fingerprint density at radius 2 is 2.29 bits per heavy atom. The number of rotatable bonds is 8. The van der Waals surface area contributed by atoms with Crippen molar-refractivity contribution in [3.63, 3.8) is 0 Å². The van der Waals surface area contributed by atoms with E-state index in [4.69, 9.17) is 0 Å². The Labute approximate surface area is 129 Å². The molecule has 1 aliphatic heterocycles. The van der Waals surface area contributed by atoms with Crippen molar-refractivity contribution in [2.24, 2.45) is 5.92 Å². The summed E-state index contributed by atoms with van der Waals surface area (Å²) >= 11 is 0. The van der Waals surface area contributed by atoms with Crippen molar-refractivity contribution < 1.29 is 4.79 Å². The Kier molecular flexibility index (Phi) is 7.13. The molecular formula is C16H30N4O. The Morgan fingerprint density at radius 3 is 2.76 bits per heavy atom. The molecule has 1 aliphatic rings. The van der Waals surface area contributed by atoms with Gasteiger partial charge in [-0.25, -0.2) is 0 Å². The molecule has 21 heavy (non-hydrogen) atoms. The standard InChI is InChI=1S/C16H30N4O/c1-5-9-20(10-14-7-6-8-18-14)11-15(21)19-16(4,12-17)13(2)3/h13-14,18H,5-11H2,1-4H3,(H,19,21). The van der Waals surface area contributed by atoms with Crippen LogP contribution < -0.4 is 10.6 Å².